The Morgan fingerprint density at radius 2 is 2.10 bits per heavy atom. The molecule has 5 heteroatoms. The number of carbonyl (C=O) groups is 1. The van der Waals surface area contributed by atoms with Gasteiger partial charge in [0.25, 0.3) is 5.91 Å². The van der Waals surface area contributed by atoms with E-state index in [1.807, 2.05) is 35.0 Å². The first-order valence-electron chi connectivity index (χ1n) is 6.81. The molecule has 2 aromatic rings. The molecule has 1 aromatic heterocycles. The maximum atomic E-state index is 12.0. The number of nitrogens with one attached hydrogen (secondary N) is 2. The molecule has 108 valence electrons. The number of amides is 1. The molecule has 21 heavy (non-hydrogen) atoms. The number of rotatable bonds is 4. The second-order valence-electron chi connectivity index (χ2n) is 4.73. The van der Waals surface area contributed by atoms with Gasteiger partial charge in [0.1, 0.15) is 0 Å². The topological polar surface area (TPSA) is 41.1 Å². The van der Waals surface area contributed by atoms with E-state index in [0.29, 0.717) is 0 Å². The maximum absolute atomic E-state index is 12.0. The van der Waals surface area contributed by atoms with Crippen LogP contribution in [0.25, 0.3) is 6.08 Å². The Kier molecular flexibility index (Phi) is 4.31. The van der Waals surface area contributed by atoms with Gasteiger partial charge >= 0.3 is 0 Å². The Labute approximate surface area is 132 Å². The minimum atomic E-state index is -0.116. The second-order valence-corrected chi connectivity index (χ2v) is 6.66. The van der Waals surface area contributed by atoms with E-state index in [-0.39, 0.29) is 11.4 Å². The molecule has 0 bridgehead atoms. The molecule has 0 unspecified atom stereocenters. The molecule has 1 fully saturated rings. The van der Waals surface area contributed by atoms with Crippen LogP contribution in [0.3, 0.4) is 0 Å². The molecule has 1 amide bonds. The van der Waals surface area contributed by atoms with Gasteiger partial charge in [-0.1, -0.05) is 30.8 Å². The fraction of sp³-hybridized carbons (Fsp3) is 0.188. The zero-order valence-electron chi connectivity index (χ0n) is 11.6. The summed E-state index contributed by atoms with van der Waals surface area (Å²) in [6.07, 6.45) is 2.96. The van der Waals surface area contributed by atoms with Gasteiger partial charge in [-0.05, 0) is 52.6 Å². The zero-order valence-corrected chi connectivity index (χ0v) is 13.3. The molecule has 1 atom stereocenters. The molecule has 2 heterocycles. The number of carbonyl (C=O) groups excluding carboxylic acids is 1. The summed E-state index contributed by atoms with van der Waals surface area (Å²) in [7, 11) is 0. The number of anilines is 1. The molecule has 1 aromatic carbocycles. The lowest BCUT2D eigenvalue weighted by atomic mass is 10.1. The van der Waals surface area contributed by atoms with Gasteiger partial charge in [-0.25, -0.2) is 0 Å². The summed E-state index contributed by atoms with van der Waals surface area (Å²) < 4.78 is 0. The van der Waals surface area contributed by atoms with E-state index < -0.39 is 0 Å². The molecule has 0 spiro atoms. The van der Waals surface area contributed by atoms with Crippen molar-refractivity contribution in [1.29, 1.82) is 0 Å². The van der Waals surface area contributed by atoms with E-state index in [4.69, 9.17) is 0 Å². The highest BCUT2D eigenvalue weighted by Crippen LogP contribution is 2.30. The molecule has 1 aliphatic rings. The third-order valence-corrected chi connectivity index (χ3v) is 4.96. The van der Waals surface area contributed by atoms with Crippen molar-refractivity contribution in [2.75, 3.05) is 5.32 Å². The average molecular weight is 316 g/mol. The van der Waals surface area contributed by atoms with Crippen LogP contribution in [-0.2, 0) is 11.2 Å². The van der Waals surface area contributed by atoms with E-state index in [1.54, 1.807) is 11.3 Å². The minimum Gasteiger partial charge on any atom is -0.357 e. The second kappa shape index (κ2) is 6.37. The van der Waals surface area contributed by atoms with Crippen molar-refractivity contribution >= 4 is 40.8 Å². The van der Waals surface area contributed by atoms with Gasteiger partial charge in [-0.2, -0.15) is 11.3 Å². The summed E-state index contributed by atoms with van der Waals surface area (Å²) >= 11 is 3.15. The monoisotopic (exact) mass is 316 g/mol. The highest BCUT2D eigenvalue weighted by Gasteiger charge is 2.26. The molecule has 1 saturated heterocycles. The van der Waals surface area contributed by atoms with E-state index >= 15 is 0 Å². The average Bonchev–Trinajstić information content (AvgIpc) is 3.11. The summed E-state index contributed by atoms with van der Waals surface area (Å²) in [5, 5.41) is 10.3. The van der Waals surface area contributed by atoms with Gasteiger partial charge in [-0.15, -0.1) is 0 Å². The Balaban J connectivity index is 1.67. The minimum absolute atomic E-state index is 0.0196. The predicted molar refractivity (Wildman–Crippen MR) is 91.3 cm³/mol. The molecule has 0 saturated carbocycles. The van der Waals surface area contributed by atoms with E-state index in [9.17, 15) is 4.79 Å². The highest BCUT2D eigenvalue weighted by molar-refractivity contribution is 8.05. The van der Waals surface area contributed by atoms with Crippen molar-refractivity contribution in [1.82, 2.24) is 5.32 Å². The van der Waals surface area contributed by atoms with Gasteiger partial charge in [0, 0.05) is 5.69 Å². The van der Waals surface area contributed by atoms with Crippen LogP contribution in [0.1, 0.15) is 18.1 Å². The normalized spacial score (nSPS) is 19.8. The Morgan fingerprint density at radius 1 is 1.29 bits per heavy atom. The summed E-state index contributed by atoms with van der Waals surface area (Å²) in [5.74, 6) is -0.0196. The van der Waals surface area contributed by atoms with Crippen molar-refractivity contribution < 1.29 is 4.79 Å². The van der Waals surface area contributed by atoms with E-state index in [0.717, 1.165) is 22.6 Å². The van der Waals surface area contributed by atoms with Crippen LogP contribution in [0.4, 0.5) is 5.69 Å². The zero-order chi connectivity index (χ0) is 14.7. The van der Waals surface area contributed by atoms with E-state index in [1.165, 1.54) is 17.3 Å². The number of aryl methyl sites for hydroxylation is 1. The summed E-state index contributed by atoms with van der Waals surface area (Å²) in [6.45, 7) is 2.14. The SMILES string of the molecule is CCc1ccc(N[C@H]2NC(=O)/C(=C/c3ccsc3)S2)cc1. The molecule has 0 radical (unpaired) electrons. The molecule has 3 nitrogen and oxygen atoms in total. The Bertz CT molecular complexity index is 647. The van der Waals surface area contributed by atoms with Gasteiger partial charge in [0.05, 0.1) is 4.91 Å². The molecular formula is C16H16N2OS2. The highest BCUT2D eigenvalue weighted by atomic mass is 32.2. The number of thioether (sulfide) groups is 1. The van der Waals surface area contributed by atoms with Crippen LogP contribution in [0, 0.1) is 0 Å². The molecule has 2 N–H and O–H groups in total. The standard InChI is InChI=1S/C16H16N2OS2/c1-2-11-3-5-13(6-4-11)17-16-18-15(19)14(21-16)9-12-7-8-20-10-12/h3-10,16-17H,2H2,1H3,(H,18,19)/b14-9-/t16-/m0/s1. The Hall–Kier alpha value is -1.72. The van der Waals surface area contributed by atoms with Crippen molar-refractivity contribution in [2.45, 2.75) is 18.8 Å². The van der Waals surface area contributed by atoms with Gasteiger partial charge < -0.3 is 10.6 Å². The van der Waals surface area contributed by atoms with Gasteiger partial charge in [0.2, 0.25) is 0 Å². The lowest BCUT2D eigenvalue weighted by Crippen LogP contribution is -2.30. The van der Waals surface area contributed by atoms with Crippen molar-refractivity contribution in [3.63, 3.8) is 0 Å². The first-order valence-corrected chi connectivity index (χ1v) is 8.64. The fourth-order valence-corrected chi connectivity index (χ4v) is 3.66. The third-order valence-electron chi connectivity index (χ3n) is 3.23. The number of thiophene rings is 1. The Morgan fingerprint density at radius 3 is 2.76 bits per heavy atom. The first-order chi connectivity index (χ1) is 10.2. The largest absolute Gasteiger partial charge is 0.357 e. The summed E-state index contributed by atoms with van der Waals surface area (Å²) in [4.78, 5) is 12.7. The fourth-order valence-electron chi connectivity index (χ4n) is 2.06. The summed E-state index contributed by atoms with van der Waals surface area (Å²) in [6, 6.07) is 10.3. The molecular weight excluding hydrogens is 300 g/mol. The van der Waals surface area contributed by atoms with Crippen molar-refractivity contribution in [3.8, 4) is 0 Å². The van der Waals surface area contributed by atoms with Crippen LogP contribution in [0.15, 0.2) is 46.0 Å². The smallest absolute Gasteiger partial charge is 0.260 e. The van der Waals surface area contributed by atoms with Crippen LogP contribution in [0.2, 0.25) is 0 Å². The van der Waals surface area contributed by atoms with Crippen LogP contribution in [0.5, 0.6) is 0 Å². The van der Waals surface area contributed by atoms with Gasteiger partial charge in [0.15, 0.2) is 5.50 Å². The first kappa shape index (κ1) is 14.2. The number of benzene rings is 1. The lowest BCUT2D eigenvalue weighted by molar-refractivity contribution is -0.116. The van der Waals surface area contributed by atoms with Crippen LogP contribution < -0.4 is 10.6 Å². The molecule has 0 aliphatic carbocycles. The van der Waals surface area contributed by atoms with Gasteiger partial charge in [-0.3, -0.25) is 4.79 Å². The summed E-state index contributed by atoms with van der Waals surface area (Å²) in [5.41, 5.74) is 3.28. The molecule has 1 aliphatic heterocycles. The number of hydrogen-bond acceptors (Lipinski definition) is 4. The van der Waals surface area contributed by atoms with Crippen LogP contribution >= 0.6 is 23.1 Å². The molecule has 3 rings (SSSR count). The van der Waals surface area contributed by atoms with Crippen molar-refractivity contribution in [3.05, 3.63) is 57.1 Å². The maximum Gasteiger partial charge on any atom is 0.260 e. The number of hydrogen-bond donors (Lipinski definition) is 2. The third kappa shape index (κ3) is 3.49. The van der Waals surface area contributed by atoms with Crippen molar-refractivity contribution in [2.24, 2.45) is 0 Å². The quantitative estimate of drug-likeness (QED) is 0.840. The predicted octanol–water partition coefficient (Wildman–Crippen LogP) is 3.91. The van der Waals surface area contributed by atoms with E-state index in [2.05, 4.69) is 29.7 Å². The lowest BCUT2D eigenvalue weighted by Gasteiger charge is -2.12. The van der Waals surface area contributed by atoms with Crippen LogP contribution in [-0.4, -0.2) is 11.4 Å².